The van der Waals surface area contributed by atoms with Gasteiger partial charge in [0.2, 0.25) is 6.79 Å². The van der Waals surface area contributed by atoms with Crippen LogP contribution in [0.15, 0.2) is 42.5 Å². The van der Waals surface area contributed by atoms with E-state index in [-0.39, 0.29) is 12.7 Å². The fourth-order valence-corrected chi connectivity index (χ4v) is 4.85. The molecule has 0 unspecified atom stereocenters. The molecule has 0 bridgehead atoms. The Labute approximate surface area is 186 Å². The Bertz CT molecular complexity index is 1240. The van der Waals surface area contributed by atoms with Crippen LogP contribution in [0.3, 0.4) is 0 Å². The lowest BCUT2D eigenvalue weighted by molar-refractivity contribution is 0.0303. The molecule has 3 aromatic rings. The minimum Gasteiger partial charge on any atom is -0.454 e. The highest BCUT2D eigenvalue weighted by molar-refractivity contribution is 6.09. The number of amides is 1. The molecule has 6 heteroatoms. The lowest BCUT2D eigenvalue weighted by Crippen LogP contribution is -2.41. The van der Waals surface area contributed by atoms with Crippen LogP contribution in [0.4, 0.5) is 0 Å². The second-order valence-corrected chi connectivity index (χ2v) is 8.37. The molecule has 32 heavy (non-hydrogen) atoms. The van der Waals surface area contributed by atoms with Gasteiger partial charge in [-0.1, -0.05) is 24.3 Å². The number of hydrogen-bond acceptors (Lipinski definition) is 5. The summed E-state index contributed by atoms with van der Waals surface area (Å²) in [5.41, 5.74) is 5.90. The first-order valence-electron chi connectivity index (χ1n) is 11.2. The molecule has 0 spiro atoms. The summed E-state index contributed by atoms with van der Waals surface area (Å²) in [5, 5.41) is 0.937. The second-order valence-electron chi connectivity index (χ2n) is 8.37. The van der Waals surface area contributed by atoms with Gasteiger partial charge in [-0.2, -0.15) is 0 Å². The minimum absolute atomic E-state index is 0.0903. The first kappa shape index (κ1) is 19.3. The SMILES string of the molecule is O=C(c1c2c(nc3ccccc13)/C(=C/c1ccc3c(c1)OCO3)CCC2)N1CCOCC1. The largest absolute Gasteiger partial charge is 0.454 e. The highest BCUT2D eigenvalue weighted by Gasteiger charge is 2.28. The van der Waals surface area contributed by atoms with Gasteiger partial charge in [-0.05, 0) is 60.2 Å². The molecule has 3 heterocycles. The van der Waals surface area contributed by atoms with Crippen molar-refractivity contribution in [2.75, 3.05) is 33.1 Å². The van der Waals surface area contributed by atoms with Crippen molar-refractivity contribution in [2.45, 2.75) is 19.3 Å². The number of hydrogen-bond donors (Lipinski definition) is 0. The predicted molar refractivity (Wildman–Crippen MR) is 122 cm³/mol. The zero-order valence-corrected chi connectivity index (χ0v) is 17.8. The normalized spacial score (nSPS) is 18.8. The van der Waals surface area contributed by atoms with Crippen LogP contribution >= 0.6 is 0 Å². The molecule has 6 nitrogen and oxygen atoms in total. The zero-order chi connectivity index (χ0) is 21.5. The Kier molecular flexibility index (Phi) is 4.80. The second kappa shape index (κ2) is 7.95. The lowest BCUT2D eigenvalue weighted by Gasteiger charge is -2.30. The predicted octanol–water partition coefficient (Wildman–Crippen LogP) is 4.31. The van der Waals surface area contributed by atoms with Gasteiger partial charge < -0.3 is 19.1 Å². The average molecular weight is 428 g/mol. The van der Waals surface area contributed by atoms with E-state index in [0.717, 1.165) is 69.6 Å². The van der Waals surface area contributed by atoms with Crippen molar-refractivity contribution in [3.05, 3.63) is 64.8 Å². The third-order valence-electron chi connectivity index (χ3n) is 6.42. The molecule has 0 radical (unpaired) electrons. The molecule has 0 N–H and O–H groups in total. The van der Waals surface area contributed by atoms with Crippen LogP contribution in [0.1, 0.15) is 40.0 Å². The number of benzene rings is 2. The third kappa shape index (κ3) is 3.31. The van der Waals surface area contributed by atoms with E-state index < -0.39 is 0 Å². The number of morpholine rings is 1. The number of aromatic nitrogens is 1. The average Bonchev–Trinajstić information content (AvgIpc) is 3.31. The number of para-hydroxylation sites is 1. The molecule has 2 aromatic carbocycles. The summed E-state index contributed by atoms with van der Waals surface area (Å²) in [6.45, 7) is 2.70. The van der Waals surface area contributed by atoms with Crippen LogP contribution < -0.4 is 9.47 Å². The molecule has 1 fully saturated rings. The number of carbonyl (C=O) groups excluding carboxylic acids is 1. The molecule has 0 saturated carbocycles. The van der Waals surface area contributed by atoms with Gasteiger partial charge in [0.1, 0.15) is 0 Å². The van der Waals surface area contributed by atoms with Crippen molar-refractivity contribution in [2.24, 2.45) is 0 Å². The molecule has 1 saturated heterocycles. The number of carbonyl (C=O) groups is 1. The molecule has 1 aliphatic carbocycles. The fourth-order valence-electron chi connectivity index (χ4n) is 4.85. The van der Waals surface area contributed by atoms with Crippen molar-refractivity contribution in [1.82, 2.24) is 9.88 Å². The van der Waals surface area contributed by atoms with Gasteiger partial charge in [-0.3, -0.25) is 4.79 Å². The van der Waals surface area contributed by atoms with Gasteiger partial charge in [-0.15, -0.1) is 0 Å². The summed E-state index contributed by atoms with van der Waals surface area (Å²) in [5.74, 6) is 1.64. The summed E-state index contributed by atoms with van der Waals surface area (Å²) in [6.07, 6.45) is 4.95. The molecule has 1 amide bonds. The van der Waals surface area contributed by atoms with Crippen LogP contribution in [-0.4, -0.2) is 48.9 Å². The van der Waals surface area contributed by atoms with E-state index in [1.165, 1.54) is 0 Å². The van der Waals surface area contributed by atoms with E-state index in [2.05, 4.69) is 6.08 Å². The van der Waals surface area contributed by atoms with E-state index in [0.29, 0.717) is 26.3 Å². The van der Waals surface area contributed by atoms with Crippen LogP contribution in [0.25, 0.3) is 22.6 Å². The molecule has 0 atom stereocenters. The van der Waals surface area contributed by atoms with Crippen molar-refractivity contribution in [3.8, 4) is 11.5 Å². The van der Waals surface area contributed by atoms with Crippen LogP contribution in [-0.2, 0) is 11.2 Å². The highest BCUT2D eigenvalue weighted by Crippen LogP contribution is 2.38. The first-order valence-corrected chi connectivity index (χ1v) is 11.2. The van der Waals surface area contributed by atoms with Crippen LogP contribution in [0.2, 0.25) is 0 Å². The monoisotopic (exact) mass is 428 g/mol. The van der Waals surface area contributed by atoms with E-state index in [1.807, 2.05) is 47.4 Å². The molecular weight excluding hydrogens is 404 g/mol. The topological polar surface area (TPSA) is 60.9 Å². The van der Waals surface area contributed by atoms with Crippen LogP contribution in [0, 0.1) is 0 Å². The third-order valence-corrected chi connectivity index (χ3v) is 6.42. The van der Waals surface area contributed by atoms with Crippen molar-refractivity contribution >= 4 is 28.5 Å². The summed E-state index contributed by atoms with van der Waals surface area (Å²) in [4.78, 5) is 20.6. The quantitative estimate of drug-likeness (QED) is 0.609. The van der Waals surface area contributed by atoms with E-state index in [1.54, 1.807) is 0 Å². The van der Waals surface area contributed by atoms with Crippen molar-refractivity contribution in [3.63, 3.8) is 0 Å². The standard InChI is InChI=1S/C26H24N2O4/c29-26(28-10-12-30-13-11-28)24-19-5-1-2-7-21(19)27-25-18(4-3-6-20(24)25)14-17-8-9-22-23(15-17)32-16-31-22/h1-2,5,7-9,14-15H,3-4,6,10-13,16H2/b18-14+. The van der Waals surface area contributed by atoms with E-state index >= 15 is 0 Å². The summed E-state index contributed by atoms with van der Waals surface area (Å²) >= 11 is 0. The molecule has 2 aliphatic heterocycles. The lowest BCUT2D eigenvalue weighted by atomic mass is 9.85. The van der Waals surface area contributed by atoms with Gasteiger partial charge in [0, 0.05) is 18.5 Å². The molecular formula is C26H24N2O4. The van der Waals surface area contributed by atoms with Gasteiger partial charge in [-0.25, -0.2) is 4.98 Å². The zero-order valence-electron chi connectivity index (χ0n) is 17.8. The molecule has 162 valence electrons. The van der Waals surface area contributed by atoms with Gasteiger partial charge in [0.25, 0.3) is 5.91 Å². The summed E-state index contributed by atoms with van der Waals surface area (Å²) in [6, 6.07) is 14.0. The maximum absolute atomic E-state index is 13.7. The Morgan fingerprint density at radius 1 is 1.00 bits per heavy atom. The van der Waals surface area contributed by atoms with Gasteiger partial charge in [0.15, 0.2) is 11.5 Å². The maximum atomic E-state index is 13.7. The van der Waals surface area contributed by atoms with E-state index in [9.17, 15) is 4.79 Å². The number of fused-ring (bicyclic) bond motifs is 3. The number of ether oxygens (including phenoxy) is 3. The van der Waals surface area contributed by atoms with Crippen LogP contribution in [0.5, 0.6) is 11.5 Å². The smallest absolute Gasteiger partial charge is 0.255 e. The highest BCUT2D eigenvalue weighted by atomic mass is 16.7. The summed E-state index contributed by atoms with van der Waals surface area (Å²) < 4.78 is 16.5. The molecule has 3 aliphatic rings. The van der Waals surface area contributed by atoms with Gasteiger partial charge >= 0.3 is 0 Å². The summed E-state index contributed by atoms with van der Waals surface area (Å²) in [7, 11) is 0. The first-order chi connectivity index (χ1) is 15.8. The maximum Gasteiger partial charge on any atom is 0.255 e. The number of allylic oxidation sites excluding steroid dienone is 1. The minimum atomic E-state index is 0.0903. The number of nitrogens with zero attached hydrogens (tertiary/aromatic N) is 2. The van der Waals surface area contributed by atoms with E-state index in [4.69, 9.17) is 19.2 Å². The Hall–Kier alpha value is -3.38. The Morgan fingerprint density at radius 2 is 1.84 bits per heavy atom. The number of rotatable bonds is 2. The van der Waals surface area contributed by atoms with Gasteiger partial charge in [0.05, 0.1) is 30.0 Å². The number of pyridine rings is 1. The molecule has 1 aromatic heterocycles. The van der Waals surface area contributed by atoms with Crippen molar-refractivity contribution < 1.29 is 19.0 Å². The Morgan fingerprint density at radius 3 is 2.75 bits per heavy atom. The Balaban J connectivity index is 1.49. The fraction of sp³-hybridized carbons (Fsp3) is 0.308. The van der Waals surface area contributed by atoms with Crippen molar-refractivity contribution in [1.29, 1.82) is 0 Å². The molecule has 6 rings (SSSR count).